The van der Waals surface area contributed by atoms with E-state index in [1.165, 1.54) is 0 Å². The van der Waals surface area contributed by atoms with Crippen molar-refractivity contribution < 1.29 is 33.0 Å². The van der Waals surface area contributed by atoms with E-state index in [-0.39, 0.29) is 17.9 Å². The Labute approximate surface area is 227 Å². The molecule has 0 atom stereocenters. The van der Waals surface area contributed by atoms with E-state index in [2.05, 4.69) is 44.6 Å². The number of hydrogen-bond donors (Lipinski definition) is 3. The second-order valence-electron chi connectivity index (χ2n) is 9.39. The molecular formula is C26H27ClF3N5O4. The summed E-state index contributed by atoms with van der Waals surface area (Å²) in [7, 11) is 0. The molecule has 9 nitrogen and oxygen atoms in total. The fraction of sp³-hybridized carbons (Fsp3) is 0.385. The zero-order valence-corrected chi connectivity index (χ0v) is 21.5. The van der Waals surface area contributed by atoms with Crippen molar-refractivity contribution >= 4 is 29.2 Å². The van der Waals surface area contributed by atoms with Crippen LogP contribution in [0.25, 0.3) is 22.3 Å². The topological polar surface area (TPSA) is 121 Å². The number of benzene rings is 1. The highest BCUT2D eigenvalue weighted by Gasteiger charge is 2.44. The van der Waals surface area contributed by atoms with Crippen LogP contribution in [0.4, 0.5) is 18.9 Å². The fourth-order valence-electron chi connectivity index (χ4n) is 4.89. The minimum absolute atomic E-state index is 0.0624. The number of aliphatic carboxylic acids is 1. The Morgan fingerprint density at radius 3 is 2.26 bits per heavy atom. The lowest BCUT2D eigenvalue weighted by Crippen LogP contribution is -2.44. The maximum absolute atomic E-state index is 12.4. The number of piperidine rings is 1. The van der Waals surface area contributed by atoms with Gasteiger partial charge in [0.25, 0.3) is 0 Å². The van der Waals surface area contributed by atoms with Crippen LogP contribution in [-0.2, 0) is 16.1 Å². The lowest BCUT2D eigenvalue weighted by molar-refractivity contribution is -0.192. The van der Waals surface area contributed by atoms with Crippen molar-refractivity contribution in [2.24, 2.45) is 5.41 Å². The van der Waals surface area contributed by atoms with Gasteiger partial charge in [-0.25, -0.2) is 4.79 Å². The number of pyridine rings is 1. The zero-order valence-electron chi connectivity index (χ0n) is 20.8. The standard InChI is InChI=1S/C24H26ClN5O2.C2HF3O2/c25-21-15-26-14-20(22(21)29-9-6-24(7-10-29)5-8-27-23(24)32)18-3-1-17(2-4-18)19-13-28-30(16-19)11-12-31;3-2(4,5)1(6)7/h1-4,13-16,31H,5-12H2,(H,27,32);(H,6,7). The predicted octanol–water partition coefficient (Wildman–Crippen LogP) is 4.00. The second kappa shape index (κ2) is 11.6. The lowest BCUT2D eigenvalue weighted by atomic mass is 9.77. The Balaban J connectivity index is 0.000000448. The third-order valence-electron chi connectivity index (χ3n) is 7.01. The van der Waals surface area contributed by atoms with E-state index in [4.69, 9.17) is 26.6 Å². The van der Waals surface area contributed by atoms with Crippen LogP contribution in [-0.4, -0.2) is 69.3 Å². The van der Waals surface area contributed by atoms with Gasteiger partial charge in [0.05, 0.1) is 35.5 Å². The molecule has 2 aliphatic heterocycles. The van der Waals surface area contributed by atoms with E-state index in [0.717, 1.165) is 66.8 Å². The summed E-state index contributed by atoms with van der Waals surface area (Å²) in [4.78, 5) is 27.9. The SMILES string of the molecule is O=C(O)C(F)(F)F.O=C1NCCC12CCN(c1c(Cl)cncc1-c1ccc(-c3cnn(CCO)c3)cc1)CC2. The van der Waals surface area contributed by atoms with Crippen molar-refractivity contribution in [2.75, 3.05) is 31.1 Å². The first-order valence-electron chi connectivity index (χ1n) is 12.2. The summed E-state index contributed by atoms with van der Waals surface area (Å²) in [6, 6.07) is 8.28. The molecule has 1 amide bonds. The molecule has 2 fully saturated rings. The van der Waals surface area contributed by atoms with Gasteiger partial charge in [-0.1, -0.05) is 35.9 Å². The summed E-state index contributed by atoms with van der Waals surface area (Å²) in [6.45, 7) is 2.92. The molecule has 2 aliphatic rings. The Hall–Kier alpha value is -3.64. The number of carboxylic acids is 1. The highest BCUT2D eigenvalue weighted by molar-refractivity contribution is 6.33. The monoisotopic (exact) mass is 565 g/mol. The largest absolute Gasteiger partial charge is 0.490 e. The highest BCUT2D eigenvalue weighted by atomic mass is 35.5. The number of anilines is 1. The molecule has 0 radical (unpaired) electrons. The molecule has 3 aromatic rings. The first-order valence-corrected chi connectivity index (χ1v) is 12.6. The minimum atomic E-state index is -5.08. The van der Waals surface area contributed by atoms with Crippen LogP contribution in [0.2, 0.25) is 5.02 Å². The average Bonchev–Trinajstić information content (AvgIpc) is 3.52. The molecule has 0 bridgehead atoms. The maximum atomic E-state index is 12.4. The van der Waals surface area contributed by atoms with Crippen LogP contribution >= 0.6 is 11.6 Å². The number of carbonyl (C=O) groups is 2. The molecule has 2 saturated heterocycles. The van der Waals surface area contributed by atoms with Gasteiger partial charge in [-0.05, 0) is 30.4 Å². The summed E-state index contributed by atoms with van der Waals surface area (Å²) in [5.41, 5.74) is 4.87. The van der Waals surface area contributed by atoms with Crippen LogP contribution in [0, 0.1) is 5.41 Å². The first kappa shape index (κ1) is 28.4. The third-order valence-corrected chi connectivity index (χ3v) is 7.29. The molecule has 1 aromatic carbocycles. The number of nitrogens with one attached hydrogen (secondary N) is 1. The van der Waals surface area contributed by atoms with Crippen LogP contribution in [0.5, 0.6) is 0 Å². The van der Waals surface area contributed by atoms with E-state index in [0.29, 0.717) is 11.6 Å². The first-order chi connectivity index (χ1) is 18.5. The maximum Gasteiger partial charge on any atom is 0.490 e. The van der Waals surface area contributed by atoms with Gasteiger partial charge < -0.3 is 20.4 Å². The Morgan fingerprint density at radius 2 is 1.69 bits per heavy atom. The number of halogens is 4. The average molecular weight is 566 g/mol. The van der Waals surface area contributed by atoms with Gasteiger partial charge in [-0.2, -0.15) is 18.3 Å². The quantitative estimate of drug-likeness (QED) is 0.428. The van der Waals surface area contributed by atoms with E-state index >= 15 is 0 Å². The van der Waals surface area contributed by atoms with Crippen molar-refractivity contribution in [3.05, 3.63) is 54.1 Å². The van der Waals surface area contributed by atoms with Crippen LogP contribution in [0.15, 0.2) is 49.1 Å². The summed E-state index contributed by atoms with van der Waals surface area (Å²) in [5.74, 6) is -2.55. The number of aromatic nitrogens is 3. The molecule has 5 rings (SSSR count). The Morgan fingerprint density at radius 1 is 1.05 bits per heavy atom. The van der Waals surface area contributed by atoms with E-state index in [1.54, 1.807) is 17.1 Å². The number of hydrogen-bond acceptors (Lipinski definition) is 6. The van der Waals surface area contributed by atoms with E-state index in [1.807, 2.05) is 12.4 Å². The Bertz CT molecular complexity index is 1320. The number of aliphatic hydroxyl groups is 1. The number of amides is 1. The fourth-order valence-corrected chi connectivity index (χ4v) is 5.17. The molecule has 4 heterocycles. The molecule has 0 unspecified atom stereocenters. The van der Waals surface area contributed by atoms with Gasteiger partial charge >= 0.3 is 12.1 Å². The number of carbonyl (C=O) groups excluding carboxylic acids is 1. The van der Waals surface area contributed by atoms with Gasteiger partial charge in [-0.3, -0.25) is 14.5 Å². The van der Waals surface area contributed by atoms with Crippen LogP contribution in [0.1, 0.15) is 19.3 Å². The van der Waals surface area contributed by atoms with Crippen molar-refractivity contribution in [3.8, 4) is 22.3 Å². The molecule has 208 valence electrons. The third kappa shape index (κ3) is 6.34. The van der Waals surface area contributed by atoms with Crippen molar-refractivity contribution in [1.82, 2.24) is 20.1 Å². The van der Waals surface area contributed by atoms with Gasteiger partial charge in [0.15, 0.2) is 0 Å². The molecular weight excluding hydrogens is 539 g/mol. The van der Waals surface area contributed by atoms with Gasteiger partial charge in [0.1, 0.15) is 0 Å². The Kier molecular flexibility index (Phi) is 8.45. The smallest absolute Gasteiger partial charge is 0.475 e. The number of nitrogens with zero attached hydrogens (tertiary/aromatic N) is 4. The number of aliphatic hydroxyl groups excluding tert-OH is 1. The van der Waals surface area contributed by atoms with E-state index in [9.17, 15) is 18.0 Å². The highest BCUT2D eigenvalue weighted by Crippen LogP contribution is 2.43. The van der Waals surface area contributed by atoms with Crippen LogP contribution < -0.4 is 10.2 Å². The lowest BCUT2D eigenvalue weighted by Gasteiger charge is -2.39. The molecule has 13 heteroatoms. The van der Waals surface area contributed by atoms with Gasteiger partial charge in [0.2, 0.25) is 5.91 Å². The van der Waals surface area contributed by atoms with Crippen molar-refractivity contribution in [1.29, 1.82) is 0 Å². The molecule has 3 N–H and O–H groups in total. The summed E-state index contributed by atoms with van der Waals surface area (Å²) >= 11 is 6.64. The molecule has 1 spiro atoms. The van der Waals surface area contributed by atoms with Gasteiger partial charge in [-0.15, -0.1) is 0 Å². The number of rotatable bonds is 5. The van der Waals surface area contributed by atoms with E-state index < -0.39 is 12.1 Å². The molecule has 0 saturated carbocycles. The predicted molar refractivity (Wildman–Crippen MR) is 138 cm³/mol. The summed E-state index contributed by atoms with van der Waals surface area (Å²) < 4.78 is 33.5. The normalized spacial score (nSPS) is 16.5. The zero-order chi connectivity index (χ0) is 28.2. The number of carboxylic acid groups (broad SMARTS) is 1. The van der Waals surface area contributed by atoms with Gasteiger partial charge in [0, 0.05) is 49.4 Å². The molecule has 39 heavy (non-hydrogen) atoms. The van der Waals surface area contributed by atoms with Crippen LogP contribution in [0.3, 0.4) is 0 Å². The van der Waals surface area contributed by atoms with Crippen molar-refractivity contribution in [2.45, 2.75) is 32.0 Å². The van der Waals surface area contributed by atoms with Crippen molar-refractivity contribution in [3.63, 3.8) is 0 Å². The molecule has 0 aliphatic carbocycles. The summed E-state index contributed by atoms with van der Waals surface area (Å²) in [5, 5.41) is 24.1. The molecule has 2 aromatic heterocycles. The minimum Gasteiger partial charge on any atom is -0.475 e. The number of alkyl halides is 3. The second-order valence-corrected chi connectivity index (χ2v) is 9.79. The summed E-state index contributed by atoms with van der Waals surface area (Å²) in [6.07, 6.45) is 4.81.